The van der Waals surface area contributed by atoms with E-state index in [4.69, 9.17) is 23.7 Å². The number of rotatable bonds is 12. The fourth-order valence-corrected chi connectivity index (χ4v) is 9.36. The van der Waals surface area contributed by atoms with Crippen molar-refractivity contribution in [3.63, 3.8) is 0 Å². The summed E-state index contributed by atoms with van der Waals surface area (Å²) in [6, 6.07) is 14.4. The van der Waals surface area contributed by atoms with Gasteiger partial charge < -0.3 is 49.2 Å². The Morgan fingerprint density at radius 2 is 1.38 bits per heavy atom. The Hall–Kier alpha value is -6.99. The number of aromatic carboxylic acids is 2. The van der Waals surface area contributed by atoms with Crippen molar-refractivity contribution in [3.8, 4) is 17.2 Å². The van der Waals surface area contributed by atoms with E-state index in [-0.39, 0.29) is 51.1 Å². The summed E-state index contributed by atoms with van der Waals surface area (Å²) in [6.07, 6.45) is -4.52. The standard InChI is InChI=1S/C47H43NO17/c1-22-42(65-46(59)26-13-6-4-11-24(26)44(56)57)29(48-16-7-8-17-48)18-33(63-22)64-31-20-47(60,32(49)21-62-45(58)25-12-5-3-10-23(25)43(54)55)19-28-35(31)41(53)37-36(39(28)51)38(50)27-14-9-15-30(61-2)34(27)40(37)52/h3-6,9-15,22,29,31,33,42,51,53,60H,7-8,16-21H2,1-2H3,(H,54,55)(H,56,57)/t22-,29-,31-,33-,42+,47-/m0/s1. The van der Waals surface area contributed by atoms with Crippen LogP contribution in [0.3, 0.4) is 0 Å². The molecule has 2 fully saturated rings. The molecule has 2 aliphatic heterocycles. The molecule has 2 aliphatic carbocycles. The number of ketones is 3. The molecular formula is C47H43NO17. The zero-order valence-corrected chi connectivity index (χ0v) is 35.0. The van der Waals surface area contributed by atoms with Gasteiger partial charge in [0.25, 0.3) is 0 Å². The normalized spacial score (nSPS) is 23.7. The van der Waals surface area contributed by atoms with Gasteiger partial charge in [0.05, 0.1) is 64.3 Å². The van der Waals surface area contributed by atoms with Crippen molar-refractivity contribution < 1.29 is 82.8 Å². The van der Waals surface area contributed by atoms with Crippen molar-refractivity contribution in [1.82, 2.24) is 4.90 Å². The Labute approximate surface area is 369 Å². The summed E-state index contributed by atoms with van der Waals surface area (Å²) in [4.78, 5) is 94.8. The molecule has 2 heterocycles. The quantitative estimate of drug-likeness (QED) is 0.0864. The number of carboxylic acids is 2. The van der Waals surface area contributed by atoms with E-state index < -0.39 is 125 Å². The third kappa shape index (κ3) is 7.98. The van der Waals surface area contributed by atoms with Gasteiger partial charge in [-0.3, -0.25) is 19.3 Å². The van der Waals surface area contributed by atoms with E-state index in [0.29, 0.717) is 13.1 Å². The number of benzene rings is 4. The van der Waals surface area contributed by atoms with Crippen LogP contribution >= 0.6 is 0 Å². The first-order valence-electron chi connectivity index (χ1n) is 20.7. The molecule has 5 N–H and O–H groups in total. The van der Waals surface area contributed by atoms with Crippen LogP contribution in [-0.2, 0) is 30.2 Å². The Morgan fingerprint density at radius 3 is 2.00 bits per heavy atom. The summed E-state index contributed by atoms with van der Waals surface area (Å²) in [5.41, 5.74) is -5.77. The van der Waals surface area contributed by atoms with Crippen molar-refractivity contribution >= 4 is 41.2 Å². The molecule has 0 radical (unpaired) electrons. The van der Waals surface area contributed by atoms with Gasteiger partial charge in [-0.25, -0.2) is 19.2 Å². The average molecular weight is 894 g/mol. The number of phenols is 2. The van der Waals surface area contributed by atoms with Gasteiger partial charge in [0.2, 0.25) is 11.6 Å². The number of fused-ring (bicyclic) bond motifs is 3. The Morgan fingerprint density at radius 1 is 0.785 bits per heavy atom. The van der Waals surface area contributed by atoms with Crippen molar-refractivity contribution in [3.05, 3.63) is 122 Å². The van der Waals surface area contributed by atoms with Crippen LogP contribution in [0.4, 0.5) is 0 Å². The number of ether oxygens (including phenoxy) is 5. The van der Waals surface area contributed by atoms with Gasteiger partial charge in [-0.2, -0.15) is 0 Å². The van der Waals surface area contributed by atoms with Crippen LogP contribution in [0.5, 0.6) is 17.2 Å². The first-order chi connectivity index (χ1) is 31.0. The zero-order valence-electron chi connectivity index (χ0n) is 35.0. The van der Waals surface area contributed by atoms with Crippen LogP contribution < -0.4 is 4.74 Å². The summed E-state index contributed by atoms with van der Waals surface area (Å²) in [5.74, 6) is -9.26. The summed E-state index contributed by atoms with van der Waals surface area (Å²) in [6.45, 7) is 1.73. The second-order valence-electron chi connectivity index (χ2n) is 16.3. The lowest BCUT2D eigenvalue weighted by Crippen LogP contribution is -2.56. The third-order valence-electron chi connectivity index (χ3n) is 12.5. The van der Waals surface area contributed by atoms with E-state index in [1.807, 2.05) is 0 Å². The number of phenolic OH excluding ortho intramolecular Hbond substituents is 2. The highest BCUT2D eigenvalue weighted by molar-refractivity contribution is 6.31. The molecule has 6 atom stereocenters. The number of hydrogen-bond donors (Lipinski definition) is 5. The number of aliphatic hydroxyl groups is 1. The van der Waals surface area contributed by atoms with Crippen molar-refractivity contribution in [1.29, 1.82) is 0 Å². The van der Waals surface area contributed by atoms with Crippen LogP contribution in [0.15, 0.2) is 66.7 Å². The molecule has 2 saturated heterocycles. The van der Waals surface area contributed by atoms with E-state index >= 15 is 0 Å². The highest BCUT2D eigenvalue weighted by Crippen LogP contribution is 2.53. The monoisotopic (exact) mass is 893 g/mol. The molecule has 18 nitrogen and oxygen atoms in total. The second-order valence-corrected chi connectivity index (χ2v) is 16.3. The topological polar surface area (TPSA) is 270 Å². The summed E-state index contributed by atoms with van der Waals surface area (Å²) in [5, 5.41) is 55.7. The molecule has 8 rings (SSSR count). The van der Waals surface area contributed by atoms with E-state index in [2.05, 4.69) is 4.90 Å². The summed E-state index contributed by atoms with van der Waals surface area (Å²) >= 11 is 0. The maximum absolute atomic E-state index is 14.2. The molecule has 4 aliphatic rings. The minimum Gasteiger partial charge on any atom is -0.507 e. The van der Waals surface area contributed by atoms with Gasteiger partial charge in [0, 0.05) is 36.0 Å². The van der Waals surface area contributed by atoms with Crippen molar-refractivity contribution in [2.75, 3.05) is 26.8 Å². The second kappa shape index (κ2) is 17.5. The lowest BCUT2D eigenvalue weighted by atomic mass is 9.72. The van der Waals surface area contributed by atoms with Crippen LogP contribution in [0.25, 0.3) is 0 Å². The van der Waals surface area contributed by atoms with Gasteiger partial charge in [-0.1, -0.05) is 36.4 Å². The van der Waals surface area contributed by atoms with E-state index in [1.54, 1.807) is 6.92 Å². The molecule has 0 aromatic heterocycles. The molecule has 338 valence electrons. The van der Waals surface area contributed by atoms with Gasteiger partial charge in [-0.15, -0.1) is 0 Å². The molecular weight excluding hydrogens is 851 g/mol. The minimum atomic E-state index is -2.55. The number of carbonyl (C=O) groups is 7. The number of Topliss-reactive ketones (excluding diaryl/α,β-unsaturated/α-hetero) is 1. The van der Waals surface area contributed by atoms with Crippen LogP contribution in [0.1, 0.15) is 123 Å². The average Bonchev–Trinajstić information content (AvgIpc) is 3.84. The molecule has 0 unspecified atom stereocenters. The first-order valence-corrected chi connectivity index (χ1v) is 20.7. The highest BCUT2D eigenvalue weighted by Gasteiger charge is 2.52. The zero-order chi connectivity index (χ0) is 46.5. The lowest BCUT2D eigenvalue weighted by Gasteiger charge is -2.45. The largest absolute Gasteiger partial charge is 0.507 e. The summed E-state index contributed by atoms with van der Waals surface area (Å²) < 4.78 is 29.4. The SMILES string of the molecule is COc1cccc2c1C(=O)c1c(O)c3c(c(O)c1C2=O)C[C@@](O)(C(=O)COC(=O)c1ccccc1C(=O)O)C[C@@H]3O[C@H]1C[C@H](N2CCCC2)[C@H](OC(=O)c2ccccc2C(=O)O)[C@H](C)O1. The fourth-order valence-electron chi connectivity index (χ4n) is 9.36. The number of aromatic hydroxyl groups is 2. The Bertz CT molecular complexity index is 2670. The minimum absolute atomic E-state index is 0.0126. The van der Waals surface area contributed by atoms with E-state index in [1.165, 1.54) is 67.8 Å². The molecule has 65 heavy (non-hydrogen) atoms. The lowest BCUT2D eigenvalue weighted by molar-refractivity contribution is -0.257. The molecule has 0 saturated carbocycles. The number of likely N-dealkylation sites (tertiary alicyclic amines) is 1. The van der Waals surface area contributed by atoms with Crippen LogP contribution in [-0.4, -0.2) is 129 Å². The van der Waals surface area contributed by atoms with Gasteiger partial charge in [-0.05, 0) is 63.2 Å². The number of hydrogen-bond acceptors (Lipinski definition) is 16. The summed E-state index contributed by atoms with van der Waals surface area (Å²) in [7, 11) is 1.29. The van der Waals surface area contributed by atoms with Crippen molar-refractivity contribution in [2.24, 2.45) is 0 Å². The van der Waals surface area contributed by atoms with Crippen LogP contribution in [0.2, 0.25) is 0 Å². The fraction of sp³-hybridized carbons (Fsp3) is 0.340. The smallest absolute Gasteiger partial charge is 0.339 e. The van der Waals surface area contributed by atoms with Crippen LogP contribution in [0, 0.1) is 0 Å². The molecule has 0 spiro atoms. The molecule has 0 amide bonds. The molecule has 18 heteroatoms. The van der Waals surface area contributed by atoms with Gasteiger partial charge in [0.15, 0.2) is 18.7 Å². The number of esters is 2. The first kappa shape index (κ1) is 44.6. The van der Waals surface area contributed by atoms with Crippen molar-refractivity contribution in [2.45, 2.75) is 75.3 Å². The molecule has 4 aromatic carbocycles. The number of carbonyl (C=O) groups excluding carboxylic acids is 5. The predicted molar refractivity (Wildman–Crippen MR) is 222 cm³/mol. The Kier molecular flexibility index (Phi) is 12.0. The highest BCUT2D eigenvalue weighted by atomic mass is 16.7. The van der Waals surface area contributed by atoms with E-state index in [0.717, 1.165) is 18.9 Å². The predicted octanol–water partition coefficient (Wildman–Crippen LogP) is 4.26. The van der Waals surface area contributed by atoms with Gasteiger partial charge in [0.1, 0.15) is 29.0 Å². The number of methoxy groups -OCH3 is 1. The molecule has 0 bridgehead atoms. The van der Waals surface area contributed by atoms with Gasteiger partial charge >= 0.3 is 23.9 Å². The molecule has 4 aromatic rings. The van der Waals surface area contributed by atoms with E-state index in [9.17, 15) is 59.1 Å². The number of nitrogens with zero attached hydrogens (tertiary/aromatic N) is 1. The Balaban J connectivity index is 1.15. The third-order valence-corrected chi connectivity index (χ3v) is 12.5. The number of carboxylic acid groups (broad SMARTS) is 2. The maximum atomic E-state index is 14.2. The maximum Gasteiger partial charge on any atom is 0.339 e.